The van der Waals surface area contributed by atoms with E-state index in [0.29, 0.717) is 53.6 Å². The van der Waals surface area contributed by atoms with Gasteiger partial charge >= 0.3 is 23.9 Å². The summed E-state index contributed by atoms with van der Waals surface area (Å²) >= 11 is 2.72. The summed E-state index contributed by atoms with van der Waals surface area (Å²) in [6.07, 6.45) is 9.29. The number of ether oxygens (including phenoxy) is 6. The summed E-state index contributed by atoms with van der Waals surface area (Å²) in [5.74, 6) is -0.0454. The molecule has 12 nitrogen and oxygen atoms in total. The summed E-state index contributed by atoms with van der Waals surface area (Å²) in [6.45, 7) is 21.3. The van der Waals surface area contributed by atoms with E-state index in [1.54, 1.807) is 13.8 Å². The molecule has 0 bridgehead atoms. The fraction of sp³-hybridized carbons (Fsp3) is 0.600. The lowest BCUT2D eigenvalue weighted by molar-refractivity contribution is -0.152. The summed E-state index contributed by atoms with van der Waals surface area (Å²) < 4.78 is 34.4. The van der Waals surface area contributed by atoms with Crippen LogP contribution in [0.1, 0.15) is 124 Å². The van der Waals surface area contributed by atoms with Crippen LogP contribution < -0.4 is 9.47 Å². The van der Waals surface area contributed by atoms with Crippen LogP contribution in [0.4, 0.5) is 0 Å². The van der Waals surface area contributed by atoms with Gasteiger partial charge in [-0.3, -0.25) is 9.59 Å². The second-order valence-electron chi connectivity index (χ2n) is 16.4. The van der Waals surface area contributed by atoms with Crippen molar-refractivity contribution in [3.63, 3.8) is 0 Å². The lowest BCUT2D eigenvalue weighted by atomic mass is 9.96. The fourth-order valence-electron chi connectivity index (χ4n) is 5.33. The second kappa shape index (κ2) is 25.9. The van der Waals surface area contributed by atoms with Crippen LogP contribution in [0.25, 0.3) is 0 Å². The van der Waals surface area contributed by atoms with Crippen LogP contribution in [0.15, 0.2) is 50.0 Å². The summed E-state index contributed by atoms with van der Waals surface area (Å²) in [5, 5.41) is 19.1. The first-order valence-electron chi connectivity index (χ1n) is 20.2. The number of nitriles is 2. The molecular formula is C45H62N2O10S2. The molecule has 59 heavy (non-hydrogen) atoms. The van der Waals surface area contributed by atoms with Gasteiger partial charge in [-0.25, -0.2) is 9.59 Å². The van der Waals surface area contributed by atoms with Gasteiger partial charge in [0.15, 0.2) is 0 Å². The lowest BCUT2D eigenvalue weighted by Gasteiger charge is -2.23. The predicted molar refractivity (Wildman–Crippen MR) is 229 cm³/mol. The zero-order valence-corrected chi connectivity index (χ0v) is 37.6. The third-order valence-electron chi connectivity index (χ3n) is 8.85. The van der Waals surface area contributed by atoms with Gasteiger partial charge < -0.3 is 28.4 Å². The molecule has 14 heteroatoms. The van der Waals surface area contributed by atoms with Crippen LogP contribution in [-0.2, 0) is 38.1 Å². The number of carbonyl (C=O) groups is 4. The van der Waals surface area contributed by atoms with Gasteiger partial charge in [0.05, 0.1) is 53.7 Å². The van der Waals surface area contributed by atoms with Gasteiger partial charge in [0.1, 0.15) is 29.2 Å². The topological polar surface area (TPSA) is 171 Å². The Balaban J connectivity index is 1.75. The number of carbonyl (C=O) groups excluding carboxylic acids is 4. The van der Waals surface area contributed by atoms with Crippen molar-refractivity contribution in [2.24, 2.45) is 10.8 Å². The first kappa shape index (κ1) is 50.7. The lowest BCUT2D eigenvalue weighted by Crippen LogP contribution is -2.28. The number of fused-ring (bicyclic) bond motifs is 1. The molecule has 0 aliphatic carbocycles. The van der Waals surface area contributed by atoms with Crippen LogP contribution in [0.5, 0.6) is 11.5 Å². The molecule has 324 valence electrons. The Kier molecular flexibility index (Phi) is 22.3. The number of unbranched alkanes of at least 4 members (excludes halogenated alkanes) is 8. The highest BCUT2D eigenvalue weighted by Crippen LogP contribution is 2.59. The molecule has 0 spiro atoms. The number of nitrogens with zero attached hydrogens (tertiary/aromatic N) is 2. The van der Waals surface area contributed by atoms with E-state index in [4.69, 9.17) is 28.4 Å². The minimum atomic E-state index is -0.504. The van der Waals surface area contributed by atoms with Crippen molar-refractivity contribution < 1.29 is 47.6 Å². The van der Waals surface area contributed by atoms with Gasteiger partial charge in [-0.15, -0.1) is 0 Å². The van der Waals surface area contributed by atoms with E-state index in [1.807, 2.05) is 52.8 Å². The Labute approximate surface area is 359 Å². The van der Waals surface area contributed by atoms with Gasteiger partial charge in [-0.2, -0.15) is 10.5 Å². The molecule has 1 aliphatic rings. The highest BCUT2D eigenvalue weighted by atomic mass is 32.2. The maximum atomic E-state index is 12.3. The molecule has 0 atom stereocenters. The average Bonchev–Trinajstić information content (AvgIpc) is 3.63. The molecule has 0 unspecified atom stereocenters. The van der Waals surface area contributed by atoms with E-state index >= 15 is 0 Å². The molecule has 1 heterocycles. The molecule has 0 saturated carbocycles. The first-order chi connectivity index (χ1) is 27.9. The van der Waals surface area contributed by atoms with E-state index in [2.05, 4.69) is 13.2 Å². The number of rotatable bonds is 28. The van der Waals surface area contributed by atoms with Crippen LogP contribution in [-0.4, -0.2) is 63.5 Å². The Morgan fingerprint density at radius 3 is 1.49 bits per heavy atom. The number of thioether (sulfide) groups is 2. The fourth-order valence-corrected chi connectivity index (χ4v) is 7.91. The van der Waals surface area contributed by atoms with Crippen molar-refractivity contribution in [1.82, 2.24) is 0 Å². The van der Waals surface area contributed by atoms with Gasteiger partial charge in [0.2, 0.25) is 0 Å². The zero-order valence-electron chi connectivity index (χ0n) is 36.0. The van der Waals surface area contributed by atoms with Crippen molar-refractivity contribution in [3.05, 3.63) is 45.7 Å². The molecule has 0 saturated heterocycles. The largest absolute Gasteiger partial charge is 0.492 e. The Bertz CT molecular complexity index is 1750. The minimum absolute atomic E-state index is 0.0535. The average molecular weight is 855 g/mol. The van der Waals surface area contributed by atoms with E-state index in [-0.39, 0.29) is 43.9 Å². The Hall–Kier alpha value is -4.40. The van der Waals surface area contributed by atoms with Gasteiger partial charge in [-0.05, 0) is 58.1 Å². The highest BCUT2D eigenvalue weighted by molar-refractivity contribution is 8.24. The van der Waals surface area contributed by atoms with Crippen molar-refractivity contribution in [1.29, 1.82) is 10.5 Å². The number of aryl methyl sites for hydroxylation is 1. The molecule has 0 N–H and O–H groups in total. The second-order valence-corrected chi connectivity index (χ2v) is 18.7. The van der Waals surface area contributed by atoms with Gasteiger partial charge in [0, 0.05) is 34.8 Å². The van der Waals surface area contributed by atoms with E-state index < -0.39 is 22.8 Å². The van der Waals surface area contributed by atoms with Gasteiger partial charge in [-0.1, -0.05) is 103 Å². The zero-order chi connectivity index (χ0) is 44.0. The maximum Gasteiger partial charge on any atom is 0.333 e. The van der Waals surface area contributed by atoms with Crippen LogP contribution >= 0.6 is 23.5 Å². The Morgan fingerprint density at radius 2 is 1.03 bits per heavy atom. The predicted octanol–water partition coefficient (Wildman–Crippen LogP) is 10.3. The quantitative estimate of drug-likeness (QED) is 0.0256. The van der Waals surface area contributed by atoms with E-state index in [9.17, 15) is 29.7 Å². The number of benzene rings is 1. The molecule has 0 aromatic heterocycles. The molecule has 1 aromatic carbocycles. The molecule has 1 aliphatic heterocycles. The summed E-state index contributed by atoms with van der Waals surface area (Å²) in [6, 6.07) is 5.95. The third-order valence-corrected chi connectivity index (χ3v) is 11.5. The van der Waals surface area contributed by atoms with E-state index in [0.717, 1.165) is 78.9 Å². The highest BCUT2D eigenvalue weighted by Gasteiger charge is 2.30. The van der Waals surface area contributed by atoms with Crippen molar-refractivity contribution in [2.45, 2.75) is 135 Å². The Morgan fingerprint density at radius 1 is 0.627 bits per heavy atom. The van der Waals surface area contributed by atoms with Gasteiger partial charge in [0.25, 0.3) is 0 Å². The summed E-state index contributed by atoms with van der Waals surface area (Å²) in [7, 11) is 0. The maximum absolute atomic E-state index is 12.3. The van der Waals surface area contributed by atoms with E-state index in [1.165, 1.54) is 23.5 Å². The smallest absolute Gasteiger partial charge is 0.333 e. The number of allylic oxidation sites excluding steroid dienone is 1. The number of esters is 4. The SMILES string of the molecule is C=C(C)C(=O)OCC(C)(C)COC(=O)CCCCCCCCOc1c(C)cc(OCCCCCCC(=O)OCC(C)(C)COC(=O)C(=C)C)c2c1SC(=C(C#N)C#N)S2. The normalized spacial score (nSPS) is 12.1. The first-order valence-corrected chi connectivity index (χ1v) is 21.8. The molecule has 0 radical (unpaired) electrons. The molecule has 0 fully saturated rings. The third kappa shape index (κ3) is 19.5. The van der Waals surface area contributed by atoms with Crippen LogP contribution in [0.2, 0.25) is 0 Å². The summed E-state index contributed by atoms with van der Waals surface area (Å²) in [4.78, 5) is 49.5. The molecule has 1 aromatic rings. The van der Waals surface area contributed by atoms with Crippen LogP contribution in [0, 0.1) is 40.4 Å². The van der Waals surface area contributed by atoms with Crippen LogP contribution in [0.3, 0.4) is 0 Å². The summed E-state index contributed by atoms with van der Waals surface area (Å²) in [5.41, 5.74) is 0.619. The van der Waals surface area contributed by atoms with Crippen molar-refractivity contribution in [2.75, 3.05) is 39.6 Å². The minimum Gasteiger partial charge on any atom is -0.492 e. The number of hydrogen-bond acceptors (Lipinski definition) is 14. The molecule has 2 rings (SSSR count). The van der Waals surface area contributed by atoms with Crippen molar-refractivity contribution >= 4 is 47.4 Å². The molecule has 0 amide bonds. The molecular weight excluding hydrogens is 793 g/mol. The standard InChI is InChI=1S/C45H62N2O10S2/c1-31(2)41(50)56-29-44(6,7)27-54-36(48)20-16-12-10-11-14-19-23-53-38-33(5)24-35(39-40(38)59-43(58-39)34(25-46)26-47)52-22-18-15-13-17-21-37(49)55-28-45(8,9)30-57-42(51)32(3)4/h24H,1,3,10-23,27-30H2,2,4-9H3. The number of hydrogen-bond donors (Lipinski definition) is 0. The monoisotopic (exact) mass is 854 g/mol. The van der Waals surface area contributed by atoms with Crippen molar-refractivity contribution in [3.8, 4) is 23.6 Å².